The average molecular weight is 357 g/mol. The fraction of sp³-hybridized carbons (Fsp3) is 0.474. The van der Waals surface area contributed by atoms with Crippen LogP contribution in [0.1, 0.15) is 23.2 Å². The molecule has 0 spiro atoms. The van der Waals surface area contributed by atoms with Crippen molar-refractivity contribution in [3.8, 4) is 0 Å². The molecule has 1 aromatic heterocycles. The lowest BCUT2D eigenvalue weighted by atomic mass is 10.1. The van der Waals surface area contributed by atoms with Crippen molar-refractivity contribution >= 4 is 33.2 Å². The van der Waals surface area contributed by atoms with Crippen molar-refractivity contribution in [2.45, 2.75) is 12.8 Å². The van der Waals surface area contributed by atoms with E-state index in [1.54, 1.807) is 11.3 Å². The Kier molecular flexibility index (Phi) is 4.72. The lowest BCUT2D eigenvalue weighted by molar-refractivity contribution is 0.0859. The van der Waals surface area contributed by atoms with Crippen LogP contribution in [0.5, 0.6) is 0 Å². The van der Waals surface area contributed by atoms with Crippen LogP contribution in [0, 0.1) is 0 Å². The summed E-state index contributed by atoms with van der Waals surface area (Å²) in [6.45, 7) is 5.19. The number of urea groups is 1. The van der Waals surface area contributed by atoms with Crippen molar-refractivity contribution in [3.05, 3.63) is 35.2 Å². The number of likely N-dealkylation sites (tertiary alicyclic amines) is 1. The molecule has 0 unspecified atom stereocenters. The van der Waals surface area contributed by atoms with E-state index in [9.17, 15) is 9.59 Å². The van der Waals surface area contributed by atoms with Gasteiger partial charge in [0.25, 0.3) is 0 Å². The summed E-state index contributed by atoms with van der Waals surface area (Å²) < 4.78 is 1.16. The zero-order chi connectivity index (χ0) is 17.2. The minimum absolute atomic E-state index is 0.173. The molecule has 0 bridgehead atoms. The summed E-state index contributed by atoms with van der Waals surface area (Å²) in [6.07, 6.45) is 2.24. The smallest absolute Gasteiger partial charge is 0.320 e. The topological polar surface area (TPSA) is 43.9 Å². The van der Waals surface area contributed by atoms with E-state index < -0.39 is 0 Å². The minimum atomic E-state index is 0.173. The van der Waals surface area contributed by atoms with Crippen molar-refractivity contribution in [2.24, 2.45) is 0 Å². The van der Waals surface area contributed by atoms with Gasteiger partial charge in [0.2, 0.25) is 0 Å². The molecular formula is C19H23N3O2S. The van der Waals surface area contributed by atoms with Crippen LogP contribution in [0.25, 0.3) is 10.1 Å². The van der Waals surface area contributed by atoms with Gasteiger partial charge in [-0.25, -0.2) is 4.79 Å². The molecule has 0 radical (unpaired) electrons. The zero-order valence-electron chi connectivity index (χ0n) is 14.3. The van der Waals surface area contributed by atoms with Gasteiger partial charge in [0.15, 0.2) is 5.78 Å². The van der Waals surface area contributed by atoms with Gasteiger partial charge in [-0.15, -0.1) is 11.3 Å². The highest BCUT2D eigenvalue weighted by Gasteiger charge is 2.27. The van der Waals surface area contributed by atoms with Gasteiger partial charge in [-0.05, 0) is 18.9 Å². The van der Waals surface area contributed by atoms with Gasteiger partial charge in [-0.2, -0.15) is 0 Å². The standard InChI is InChI=1S/C19H23N3O2S/c23-17(16-14-25-18-6-2-1-5-15(16)18)13-20-9-11-22(12-10-20)19(24)21-7-3-4-8-21/h1-2,5-6,14H,3-4,7-13H2. The van der Waals surface area contributed by atoms with E-state index in [4.69, 9.17) is 0 Å². The number of thiophene rings is 1. The number of Topliss-reactive ketones (excluding diaryl/α,β-unsaturated/α-hetero) is 1. The van der Waals surface area contributed by atoms with Crippen molar-refractivity contribution in [1.82, 2.24) is 14.7 Å². The molecule has 5 nitrogen and oxygen atoms in total. The lowest BCUT2D eigenvalue weighted by Gasteiger charge is -2.36. The number of fused-ring (bicyclic) bond motifs is 1. The molecule has 2 amide bonds. The quantitative estimate of drug-likeness (QED) is 0.794. The second-order valence-corrected chi connectivity index (χ2v) is 7.72. The second kappa shape index (κ2) is 7.14. The van der Waals surface area contributed by atoms with Gasteiger partial charge in [0.1, 0.15) is 0 Å². The molecule has 0 atom stereocenters. The average Bonchev–Trinajstić information content (AvgIpc) is 3.31. The van der Waals surface area contributed by atoms with Gasteiger partial charge in [0, 0.05) is 60.3 Å². The van der Waals surface area contributed by atoms with Crippen molar-refractivity contribution in [1.29, 1.82) is 0 Å². The third-order valence-corrected chi connectivity index (χ3v) is 6.13. The van der Waals surface area contributed by atoms with E-state index in [1.807, 2.05) is 33.4 Å². The zero-order valence-corrected chi connectivity index (χ0v) is 15.1. The Morgan fingerprint density at radius 2 is 1.60 bits per heavy atom. The van der Waals surface area contributed by atoms with Crippen LogP contribution < -0.4 is 0 Å². The molecule has 25 heavy (non-hydrogen) atoms. The first-order chi connectivity index (χ1) is 12.2. The van der Waals surface area contributed by atoms with Crippen LogP contribution in [-0.4, -0.2) is 72.3 Å². The summed E-state index contributed by atoms with van der Waals surface area (Å²) in [6, 6.07) is 8.23. The van der Waals surface area contributed by atoms with Crippen LogP contribution in [0.4, 0.5) is 4.79 Å². The predicted octanol–water partition coefficient (Wildman–Crippen LogP) is 2.92. The maximum absolute atomic E-state index is 12.7. The Bertz CT molecular complexity index is 774. The monoisotopic (exact) mass is 357 g/mol. The number of hydrogen-bond acceptors (Lipinski definition) is 4. The molecule has 4 rings (SSSR count). The van der Waals surface area contributed by atoms with Crippen LogP contribution in [0.15, 0.2) is 29.6 Å². The first-order valence-corrected chi connectivity index (χ1v) is 9.86. The fourth-order valence-corrected chi connectivity index (χ4v) is 4.65. The Balaban J connectivity index is 1.34. The SMILES string of the molecule is O=C(CN1CCN(C(=O)N2CCCC2)CC1)c1csc2ccccc12. The number of nitrogens with zero attached hydrogens (tertiary/aromatic N) is 3. The van der Waals surface area contributed by atoms with Gasteiger partial charge >= 0.3 is 6.03 Å². The predicted molar refractivity (Wildman–Crippen MR) is 100 cm³/mol. The van der Waals surface area contributed by atoms with Gasteiger partial charge in [-0.3, -0.25) is 9.69 Å². The number of ketones is 1. The van der Waals surface area contributed by atoms with E-state index in [2.05, 4.69) is 11.0 Å². The first kappa shape index (κ1) is 16.5. The highest BCUT2D eigenvalue weighted by molar-refractivity contribution is 7.17. The molecule has 0 saturated carbocycles. The molecular weight excluding hydrogens is 334 g/mol. The Labute approximate surface area is 151 Å². The molecule has 3 heterocycles. The number of carbonyl (C=O) groups excluding carboxylic acids is 2. The number of carbonyl (C=O) groups is 2. The summed E-state index contributed by atoms with van der Waals surface area (Å²) >= 11 is 1.62. The first-order valence-electron chi connectivity index (χ1n) is 8.98. The molecule has 6 heteroatoms. The molecule has 0 N–H and O–H groups in total. The van der Waals surface area contributed by atoms with Gasteiger partial charge in [0.05, 0.1) is 6.54 Å². The number of piperazine rings is 1. The second-order valence-electron chi connectivity index (χ2n) is 6.81. The number of hydrogen-bond donors (Lipinski definition) is 0. The Morgan fingerprint density at radius 1 is 0.920 bits per heavy atom. The molecule has 2 fully saturated rings. The highest BCUT2D eigenvalue weighted by Crippen LogP contribution is 2.26. The molecule has 2 aromatic rings. The van der Waals surface area contributed by atoms with Crippen molar-refractivity contribution in [2.75, 3.05) is 45.8 Å². The molecule has 0 aliphatic carbocycles. The fourth-order valence-electron chi connectivity index (χ4n) is 3.69. The van der Waals surface area contributed by atoms with Crippen LogP contribution >= 0.6 is 11.3 Å². The maximum Gasteiger partial charge on any atom is 0.320 e. The van der Waals surface area contributed by atoms with Crippen molar-refractivity contribution < 1.29 is 9.59 Å². The molecule has 2 saturated heterocycles. The summed E-state index contributed by atoms with van der Waals surface area (Å²) in [5.74, 6) is 0.178. The van der Waals surface area contributed by atoms with E-state index in [-0.39, 0.29) is 11.8 Å². The van der Waals surface area contributed by atoms with Gasteiger partial charge in [-0.1, -0.05) is 18.2 Å². The number of amides is 2. The van der Waals surface area contributed by atoms with Crippen LogP contribution in [-0.2, 0) is 0 Å². The molecule has 2 aliphatic heterocycles. The Morgan fingerprint density at radius 3 is 2.36 bits per heavy atom. The van der Waals surface area contributed by atoms with E-state index in [1.165, 1.54) is 0 Å². The maximum atomic E-state index is 12.7. The number of benzene rings is 1. The van der Waals surface area contributed by atoms with Crippen LogP contribution in [0.2, 0.25) is 0 Å². The van der Waals surface area contributed by atoms with E-state index >= 15 is 0 Å². The van der Waals surface area contributed by atoms with E-state index in [0.717, 1.165) is 54.7 Å². The minimum Gasteiger partial charge on any atom is -0.325 e. The normalized spacial score (nSPS) is 18.9. The Hall–Kier alpha value is -1.92. The third kappa shape index (κ3) is 3.41. The van der Waals surface area contributed by atoms with E-state index in [0.29, 0.717) is 19.6 Å². The summed E-state index contributed by atoms with van der Waals surface area (Å²) in [4.78, 5) is 31.2. The summed E-state index contributed by atoms with van der Waals surface area (Å²) in [5, 5.41) is 3.03. The summed E-state index contributed by atoms with van der Waals surface area (Å²) in [5.41, 5.74) is 0.830. The van der Waals surface area contributed by atoms with Crippen molar-refractivity contribution in [3.63, 3.8) is 0 Å². The number of rotatable bonds is 3. The highest BCUT2D eigenvalue weighted by atomic mass is 32.1. The van der Waals surface area contributed by atoms with Gasteiger partial charge < -0.3 is 9.80 Å². The lowest BCUT2D eigenvalue weighted by Crippen LogP contribution is -2.53. The molecule has 2 aliphatic rings. The van der Waals surface area contributed by atoms with Crippen LogP contribution in [0.3, 0.4) is 0 Å². The largest absolute Gasteiger partial charge is 0.325 e. The molecule has 1 aromatic carbocycles. The summed E-state index contributed by atoms with van der Waals surface area (Å²) in [7, 11) is 0. The molecule has 132 valence electrons. The third-order valence-electron chi connectivity index (χ3n) is 5.17.